The number of nitrogens with one attached hydrogen (secondary N) is 2. The van der Waals surface area contributed by atoms with Crippen LogP contribution in [0.1, 0.15) is 18.5 Å². The third kappa shape index (κ3) is 4.52. The van der Waals surface area contributed by atoms with Gasteiger partial charge in [0.1, 0.15) is 5.69 Å². The highest BCUT2D eigenvalue weighted by Crippen LogP contribution is 2.27. The Morgan fingerprint density at radius 2 is 2.00 bits per heavy atom. The van der Waals surface area contributed by atoms with Crippen molar-refractivity contribution in [2.24, 2.45) is 0 Å². The number of aromatic nitrogens is 2. The molecule has 1 rings (SSSR count). The second kappa shape index (κ2) is 6.35. The average molecular weight is 293 g/mol. The van der Waals surface area contributed by atoms with Crippen molar-refractivity contribution in [2.75, 3.05) is 24.2 Å². The molecule has 1 aromatic rings. The van der Waals surface area contributed by atoms with E-state index in [4.69, 9.17) is 0 Å². The van der Waals surface area contributed by atoms with Gasteiger partial charge >= 0.3 is 11.9 Å². The fourth-order valence-electron chi connectivity index (χ4n) is 1.52. The number of anilines is 2. The van der Waals surface area contributed by atoms with Gasteiger partial charge < -0.3 is 10.6 Å². The zero-order chi connectivity index (χ0) is 15.3. The van der Waals surface area contributed by atoms with Gasteiger partial charge in [-0.3, -0.25) is 10.1 Å². The molecule has 0 saturated heterocycles. The summed E-state index contributed by atoms with van der Waals surface area (Å²) in [4.78, 5) is 18.0. The van der Waals surface area contributed by atoms with Gasteiger partial charge in [0.15, 0.2) is 0 Å². The summed E-state index contributed by atoms with van der Waals surface area (Å²) in [6.07, 6.45) is -5.40. The van der Waals surface area contributed by atoms with E-state index in [0.717, 1.165) is 0 Å². The molecule has 0 atom stereocenters. The highest BCUT2D eigenvalue weighted by Gasteiger charge is 2.26. The second-order valence-corrected chi connectivity index (χ2v) is 3.98. The summed E-state index contributed by atoms with van der Waals surface area (Å²) in [6.45, 7) is 1.36. The van der Waals surface area contributed by atoms with Crippen LogP contribution in [-0.4, -0.2) is 34.7 Å². The molecule has 0 aliphatic heterocycles. The molecule has 2 N–H and O–H groups in total. The van der Waals surface area contributed by atoms with Crippen LogP contribution in [0.5, 0.6) is 0 Å². The van der Waals surface area contributed by atoms with E-state index in [1.165, 1.54) is 14.0 Å². The first-order chi connectivity index (χ1) is 9.24. The largest absolute Gasteiger partial charge is 0.389 e. The predicted molar refractivity (Wildman–Crippen MR) is 66.7 cm³/mol. The van der Waals surface area contributed by atoms with Gasteiger partial charge in [-0.1, -0.05) is 0 Å². The summed E-state index contributed by atoms with van der Waals surface area (Å²) in [6, 6.07) is 0. The van der Waals surface area contributed by atoms with Crippen molar-refractivity contribution in [3.8, 4) is 0 Å². The Balaban J connectivity index is 2.82. The maximum absolute atomic E-state index is 12.0. The number of nitrogens with zero attached hydrogens (tertiary/aromatic N) is 3. The lowest BCUT2D eigenvalue weighted by Crippen LogP contribution is -2.13. The molecular formula is C10H14F3N5O2. The van der Waals surface area contributed by atoms with Crippen molar-refractivity contribution in [2.45, 2.75) is 25.9 Å². The summed E-state index contributed by atoms with van der Waals surface area (Å²) in [7, 11) is 1.54. The minimum Gasteiger partial charge on any atom is -0.364 e. The van der Waals surface area contributed by atoms with Crippen LogP contribution in [-0.2, 0) is 0 Å². The molecule has 20 heavy (non-hydrogen) atoms. The molecule has 0 aliphatic rings. The summed E-state index contributed by atoms with van der Waals surface area (Å²) in [5.41, 5.74) is -0.205. The van der Waals surface area contributed by atoms with E-state index in [-0.39, 0.29) is 36.1 Å². The lowest BCUT2D eigenvalue weighted by molar-refractivity contribution is -0.385. The van der Waals surface area contributed by atoms with Gasteiger partial charge in [-0.15, -0.1) is 0 Å². The zero-order valence-electron chi connectivity index (χ0n) is 10.9. The van der Waals surface area contributed by atoms with Gasteiger partial charge in [-0.2, -0.15) is 18.2 Å². The summed E-state index contributed by atoms with van der Waals surface area (Å²) in [5, 5.41) is 16.1. The summed E-state index contributed by atoms with van der Waals surface area (Å²) in [5.74, 6) is 0.0699. The van der Waals surface area contributed by atoms with Crippen molar-refractivity contribution in [1.82, 2.24) is 9.97 Å². The third-order valence-electron chi connectivity index (χ3n) is 2.39. The molecule has 0 radical (unpaired) electrons. The minimum absolute atomic E-state index is 0.0695. The first-order valence-corrected chi connectivity index (χ1v) is 5.76. The molecule has 1 heterocycles. The number of halogens is 3. The normalized spacial score (nSPS) is 11.2. The Kier molecular flexibility index (Phi) is 5.06. The number of hydrogen-bond acceptors (Lipinski definition) is 6. The summed E-state index contributed by atoms with van der Waals surface area (Å²) < 4.78 is 36.0. The monoisotopic (exact) mass is 293 g/mol. The van der Waals surface area contributed by atoms with Crippen LogP contribution >= 0.6 is 0 Å². The maximum atomic E-state index is 12.0. The zero-order valence-corrected chi connectivity index (χ0v) is 10.9. The van der Waals surface area contributed by atoms with Crippen LogP contribution in [0.2, 0.25) is 0 Å². The van der Waals surface area contributed by atoms with E-state index < -0.39 is 17.5 Å². The van der Waals surface area contributed by atoms with E-state index in [2.05, 4.69) is 20.6 Å². The Morgan fingerprint density at radius 1 is 1.35 bits per heavy atom. The Hall–Kier alpha value is -2.13. The van der Waals surface area contributed by atoms with Crippen molar-refractivity contribution >= 4 is 17.5 Å². The van der Waals surface area contributed by atoms with E-state index in [1.807, 2.05) is 0 Å². The van der Waals surface area contributed by atoms with Crippen molar-refractivity contribution in [3.05, 3.63) is 15.8 Å². The first-order valence-electron chi connectivity index (χ1n) is 5.76. The lowest BCUT2D eigenvalue weighted by atomic mass is 10.3. The van der Waals surface area contributed by atoms with Gasteiger partial charge in [0, 0.05) is 20.0 Å². The van der Waals surface area contributed by atoms with Crippen molar-refractivity contribution < 1.29 is 18.1 Å². The van der Waals surface area contributed by atoms with Crippen molar-refractivity contribution in [1.29, 1.82) is 0 Å². The Morgan fingerprint density at radius 3 is 2.50 bits per heavy atom. The SMILES string of the molecule is CNc1nc(C)c([N+](=O)[O-])c(NCCCC(F)(F)F)n1. The molecule has 0 saturated carbocycles. The molecule has 1 aromatic heterocycles. The number of hydrogen-bond donors (Lipinski definition) is 2. The molecule has 0 bridgehead atoms. The second-order valence-electron chi connectivity index (χ2n) is 3.98. The van der Waals surface area contributed by atoms with Crippen LogP contribution in [0.3, 0.4) is 0 Å². The predicted octanol–water partition coefficient (Wildman–Crippen LogP) is 2.49. The third-order valence-corrected chi connectivity index (χ3v) is 2.39. The maximum Gasteiger partial charge on any atom is 0.389 e. The number of rotatable bonds is 6. The quantitative estimate of drug-likeness (QED) is 0.475. The van der Waals surface area contributed by atoms with E-state index in [0.29, 0.717) is 0 Å². The standard InChI is InChI=1S/C10H14F3N5O2/c1-6-7(18(19)20)8(17-9(14-2)16-6)15-5-3-4-10(11,12)13/h3-5H2,1-2H3,(H2,14,15,16,17). The number of alkyl halides is 3. The first kappa shape index (κ1) is 15.9. The van der Waals surface area contributed by atoms with Gasteiger partial charge in [0.2, 0.25) is 11.8 Å². The smallest absolute Gasteiger partial charge is 0.364 e. The molecule has 0 fully saturated rings. The lowest BCUT2D eigenvalue weighted by Gasteiger charge is -2.10. The van der Waals surface area contributed by atoms with Gasteiger partial charge in [0.05, 0.1) is 4.92 Å². The average Bonchev–Trinajstić information content (AvgIpc) is 2.32. The van der Waals surface area contributed by atoms with E-state index >= 15 is 0 Å². The van der Waals surface area contributed by atoms with Gasteiger partial charge in [-0.05, 0) is 13.3 Å². The Labute approximate surface area is 112 Å². The molecule has 112 valence electrons. The van der Waals surface area contributed by atoms with Crippen LogP contribution in [0.15, 0.2) is 0 Å². The Bertz CT molecular complexity index is 493. The molecule has 0 aromatic carbocycles. The van der Waals surface area contributed by atoms with Crippen LogP contribution < -0.4 is 10.6 Å². The molecule has 0 unspecified atom stereocenters. The molecule has 0 amide bonds. The molecule has 7 nitrogen and oxygen atoms in total. The van der Waals surface area contributed by atoms with Crippen LogP contribution in [0, 0.1) is 17.0 Å². The molecule has 0 spiro atoms. The molecular weight excluding hydrogens is 279 g/mol. The molecule has 10 heteroatoms. The minimum atomic E-state index is -4.24. The van der Waals surface area contributed by atoms with Gasteiger partial charge in [-0.25, -0.2) is 4.98 Å². The van der Waals surface area contributed by atoms with E-state index in [9.17, 15) is 23.3 Å². The molecule has 0 aliphatic carbocycles. The van der Waals surface area contributed by atoms with Crippen LogP contribution in [0.25, 0.3) is 0 Å². The highest BCUT2D eigenvalue weighted by molar-refractivity contribution is 5.60. The fourth-order valence-corrected chi connectivity index (χ4v) is 1.52. The summed E-state index contributed by atoms with van der Waals surface area (Å²) >= 11 is 0. The van der Waals surface area contributed by atoms with E-state index in [1.54, 1.807) is 0 Å². The highest BCUT2D eigenvalue weighted by atomic mass is 19.4. The topological polar surface area (TPSA) is 93.0 Å². The van der Waals surface area contributed by atoms with Gasteiger partial charge in [0.25, 0.3) is 0 Å². The van der Waals surface area contributed by atoms with Crippen LogP contribution in [0.4, 0.5) is 30.6 Å². The number of nitro groups is 1. The van der Waals surface area contributed by atoms with Crippen molar-refractivity contribution in [3.63, 3.8) is 0 Å². The number of aryl methyl sites for hydroxylation is 1. The fraction of sp³-hybridized carbons (Fsp3) is 0.600.